The van der Waals surface area contributed by atoms with Gasteiger partial charge in [0.25, 0.3) is 0 Å². The first-order valence-corrected chi connectivity index (χ1v) is 7.96. The smallest absolute Gasteiger partial charge is 0.148 e. The molecule has 0 saturated heterocycles. The lowest BCUT2D eigenvalue weighted by molar-refractivity contribution is 0.214. The molecule has 0 fully saturated rings. The molecular formula is C14H21Br2NO. The standard InChI is InChI=1S/C14H21Br2NO/c1-4-9(3)18-14-12(15)7-10(8-13(14)16)6-11(17)5-2/h7-9,11H,4-6,17H2,1-3H3. The van der Waals surface area contributed by atoms with E-state index in [1.54, 1.807) is 0 Å². The summed E-state index contributed by atoms with van der Waals surface area (Å²) >= 11 is 7.14. The van der Waals surface area contributed by atoms with Gasteiger partial charge in [0.15, 0.2) is 0 Å². The highest BCUT2D eigenvalue weighted by atomic mass is 79.9. The van der Waals surface area contributed by atoms with Crippen LogP contribution in [0.15, 0.2) is 21.1 Å². The summed E-state index contributed by atoms with van der Waals surface area (Å²) in [5.74, 6) is 0.873. The molecule has 2 nitrogen and oxygen atoms in total. The Morgan fingerprint density at radius 1 is 1.17 bits per heavy atom. The summed E-state index contributed by atoms with van der Waals surface area (Å²) < 4.78 is 7.85. The Balaban J connectivity index is 2.90. The first-order valence-electron chi connectivity index (χ1n) is 6.38. The Kier molecular flexibility index (Phi) is 6.67. The van der Waals surface area contributed by atoms with Crippen molar-refractivity contribution in [1.82, 2.24) is 0 Å². The SMILES string of the molecule is CCC(N)Cc1cc(Br)c(OC(C)CC)c(Br)c1. The molecule has 0 aliphatic heterocycles. The van der Waals surface area contributed by atoms with Crippen molar-refractivity contribution in [2.45, 2.75) is 52.2 Å². The van der Waals surface area contributed by atoms with E-state index in [1.807, 2.05) is 0 Å². The van der Waals surface area contributed by atoms with E-state index in [4.69, 9.17) is 10.5 Å². The molecule has 0 amide bonds. The minimum atomic E-state index is 0.210. The van der Waals surface area contributed by atoms with Crippen LogP contribution in [0, 0.1) is 0 Å². The average molecular weight is 379 g/mol. The summed E-state index contributed by atoms with van der Waals surface area (Å²) in [5, 5.41) is 0. The van der Waals surface area contributed by atoms with E-state index in [0.29, 0.717) is 0 Å². The third-order valence-electron chi connectivity index (χ3n) is 2.97. The molecule has 0 heterocycles. The number of ether oxygens (including phenoxy) is 1. The number of hydrogen-bond acceptors (Lipinski definition) is 2. The maximum absolute atomic E-state index is 5.98. The number of benzene rings is 1. The molecule has 1 aromatic rings. The van der Waals surface area contributed by atoms with Gasteiger partial charge in [0.2, 0.25) is 0 Å². The Morgan fingerprint density at radius 3 is 2.17 bits per heavy atom. The molecule has 0 spiro atoms. The molecule has 0 bridgehead atoms. The largest absolute Gasteiger partial charge is 0.488 e. The Hall–Kier alpha value is -0.0600. The number of hydrogen-bond donors (Lipinski definition) is 1. The number of nitrogens with two attached hydrogens (primary N) is 1. The summed E-state index contributed by atoms with van der Waals surface area (Å²) in [6.07, 6.45) is 3.07. The van der Waals surface area contributed by atoms with Gasteiger partial charge < -0.3 is 10.5 Å². The highest BCUT2D eigenvalue weighted by Crippen LogP contribution is 2.36. The lowest BCUT2D eigenvalue weighted by atomic mass is 10.0. The maximum atomic E-state index is 5.98. The normalized spacial score (nSPS) is 14.3. The third-order valence-corrected chi connectivity index (χ3v) is 4.15. The molecular weight excluding hydrogens is 358 g/mol. The zero-order chi connectivity index (χ0) is 13.7. The zero-order valence-electron chi connectivity index (χ0n) is 11.2. The van der Waals surface area contributed by atoms with E-state index in [0.717, 1.165) is 34.0 Å². The van der Waals surface area contributed by atoms with Crippen LogP contribution in [0.2, 0.25) is 0 Å². The van der Waals surface area contributed by atoms with E-state index in [2.05, 4.69) is 64.8 Å². The average Bonchev–Trinajstić information content (AvgIpc) is 2.33. The fourth-order valence-electron chi connectivity index (χ4n) is 1.57. The molecule has 0 aliphatic rings. The van der Waals surface area contributed by atoms with Crippen LogP contribution in [0.1, 0.15) is 39.2 Å². The van der Waals surface area contributed by atoms with Crippen molar-refractivity contribution in [1.29, 1.82) is 0 Å². The molecule has 0 saturated carbocycles. The predicted molar refractivity (Wildman–Crippen MR) is 84.2 cm³/mol. The Morgan fingerprint density at radius 2 is 1.72 bits per heavy atom. The molecule has 18 heavy (non-hydrogen) atoms. The zero-order valence-corrected chi connectivity index (χ0v) is 14.3. The van der Waals surface area contributed by atoms with E-state index in [9.17, 15) is 0 Å². The molecule has 0 aliphatic carbocycles. The quantitative estimate of drug-likeness (QED) is 0.780. The van der Waals surface area contributed by atoms with Crippen LogP contribution in [-0.4, -0.2) is 12.1 Å². The van der Waals surface area contributed by atoms with Crippen LogP contribution in [0.5, 0.6) is 5.75 Å². The highest BCUT2D eigenvalue weighted by Gasteiger charge is 2.12. The van der Waals surface area contributed by atoms with E-state index >= 15 is 0 Å². The second kappa shape index (κ2) is 7.51. The van der Waals surface area contributed by atoms with Gasteiger partial charge in [0.05, 0.1) is 15.0 Å². The maximum Gasteiger partial charge on any atom is 0.148 e. The van der Waals surface area contributed by atoms with Gasteiger partial charge in [-0.25, -0.2) is 0 Å². The lowest BCUT2D eigenvalue weighted by Crippen LogP contribution is -2.21. The van der Waals surface area contributed by atoms with Crippen LogP contribution in [0.3, 0.4) is 0 Å². The summed E-state index contributed by atoms with van der Waals surface area (Å²) in [6, 6.07) is 4.40. The Labute approximate surface area is 127 Å². The molecule has 0 aromatic heterocycles. The van der Waals surface area contributed by atoms with Crippen LogP contribution in [0.25, 0.3) is 0 Å². The second-order valence-electron chi connectivity index (χ2n) is 4.60. The van der Waals surface area contributed by atoms with Gasteiger partial charge in [-0.2, -0.15) is 0 Å². The number of halogens is 2. The molecule has 2 atom stereocenters. The van der Waals surface area contributed by atoms with E-state index in [-0.39, 0.29) is 12.1 Å². The van der Waals surface area contributed by atoms with Crippen molar-refractivity contribution in [3.8, 4) is 5.75 Å². The molecule has 102 valence electrons. The van der Waals surface area contributed by atoms with Gasteiger partial charge in [0, 0.05) is 6.04 Å². The first kappa shape index (κ1) is 16.0. The first-order chi connectivity index (χ1) is 8.47. The van der Waals surface area contributed by atoms with E-state index in [1.165, 1.54) is 5.56 Å². The van der Waals surface area contributed by atoms with Crippen molar-refractivity contribution in [2.75, 3.05) is 0 Å². The molecule has 1 aromatic carbocycles. The van der Waals surface area contributed by atoms with Gasteiger partial charge in [-0.15, -0.1) is 0 Å². The van der Waals surface area contributed by atoms with Gasteiger partial charge in [-0.3, -0.25) is 0 Å². The van der Waals surface area contributed by atoms with Gasteiger partial charge in [-0.1, -0.05) is 13.8 Å². The topological polar surface area (TPSA) is 35.2 Å². The van der Waals surface area contributed by atoms with Crippen molar-refractivity contribution in [3.63, 3.8) is 0 Å². The van der Waals surface area contributed by atoms with Crippen LogP contribution >= 0.6 is 31.9 Å². The third kappa shape index (κ3) is 4.56. The molecule has 0 radical (unpaired) electrons. The van der Waals surface area contributed by atoms with Crippen molar-refractivity contribution >= 4 is 31.9 Å². The predicted octanol–water partition coefficient (Wildman–Crippen LogP) is 4.67. The highest BCUT2D eigenvalue weighted by molar-refractivity contribution is 9.11. The molecule has 2 unspecified atom stereocenters. The minimum absolute atomic E-state index is 0.210. The van der Waals surface area contributed by atoms with E-state index < -0.39 is 0 Å². The summed E-state index contributed by atoms with van der Waals surface area (Å²) in [4.78, 5) is 0. The fourth-order valence-corrected chi connectivity index (χ4v) is 3.04. The monoisotopic (exact) mass is 377 g/mol. The lowest BCUT2D eigenvalue weighted by Gasteiger charge is -2.17. The summed E-state index contributed by atoms with van der Waals surface area (Å²) in [6.45, 7) is 6.29. The summed E-state index contributed by atoms with van der Waals surface area (Å²) in [5.41, 5.74) is 7.21. The molecule has 4 heteroatoms. The van der Waals surface area contributed by atoms with Crippen molar-refractivity contribution < 1.29 is 4.74 Å². The van der Waals surface area contributed by atoms with Gasteiger partial charge in [-0.05, 0) is 75.7 Å². The summed E-state index contributed by atoms with van der Waals surface area (Å²) in [7, 11) is 0. The fraction of sp³-hybridized carbons (Fsp3) is 0.571. The van der Waals surface area contributed by atoms with Crippen LogP contribution in [-0.2, 0) is 6.42 Å². The Bertz CT molecular complexity index is 372. The molecule has 1 rings (SSSR count). The number of rotatable bonds is 6. The van der Waals surface area contributed by atoms with Gasteiger partial charge in [0.1, 0.15) is 5.75 Å². The second-order valence-corrected chi connectivity index (χ2v) is 6.31. The van der Waals surface area contributed by atoms with Crippen LogP contribution in [0.4, 0.5) is 0 Å². The van der Waals surface area contributed by atoms with Crippen LogP contribution < -0.4 is 10.5 Å². The minimum Gasteiger partial charge on any atom is -0.488 e. The van der Waals surface area contributed by atoms with Crippen molar-refractivity contribution in [2.24, 2.45) is 5.73 Å². The van der Waals surface area contributed by atoms with Gasteiger partial charge >= 0.3 is 0 Å². The van der Waals surface area contributed by atoms with Crippen molar-refractivity contribution in [3.05, 3.63) is 26.6 Å². The molecule has 2 N–H and O–H groups in total.